The first-order valence-electron chi connectivity index (χ1n) is 12.8. The Morgan fingerprint density at radius 3 is 2.64 bits per heavy atom. The van der Waals surface area contributed by atoms with Gasteiger partial charge in [0.15, 0.2) is 0 Å². The van der Waals surface area contributed by atoms with Crippen LogP contribution in [0.1, 0.15) is 46.0 Å². The molecular weight excluding hydrogens is 478 g/mol. The molecule has 1 amide bonds. The van der Waals surface area contributed by atoms with Crippen molar-refractivity contribution in [3.05, 3.63) is 42.7 Å². The van der Waals surface area contributed by atoms with Gasteiger partial charge in [-0.15, -0.1) is 0 Å². The van der Waals surface area contributed by atoms with Gasteiger partial charge in [-0.2, -0.15) is 4.31 Å². The third-order valence-corrected chi connectivity index (χ3v) is 9.47. The molecule has 1 aromatic carbocycles. The summed E-state index contributed by atoms with van der Waals surface area (Å²) in [4.78, 5) is 19.1. The third kappa shape index (κ3) is 5.58. The molecule has 2 aromatic rings. The number of carbonyl (C=O) groups is 1. The zero-order chi connectivity index (χ0) is 25.9. The molecule has 0 bridgehead atoms. The fraction of sp³-hybridized carbons (Fsp3) is 0.556. The lowest BCUT2D eigenvalue weighted by molar-refractivity contribution is -0.136. The second-order valence-corrected chi connectivity index (χ2v) is 12.1. The molecule has 3 atom stereocenters. The first kappa shape index (κ1) is 26.6. The monoisotopic (exact) mass is 515 g/mol. The van der Waals surface area contributed by atoms with Gasteiger partial charge in [0.1, 0.15) is 16.7 Å². The van der Waals surface area contributed by atoms with E-state index in [0.717, 1.165) is 36.8 Å². The number of hydrogen-bond acceptors (Lipinski definition) is 6. The highest BCUT2D eigenvalue weighted by Crippen LogP contribution is 2.36. The Morgan fingerprint density at radius 2 is 1.97 bits per heavy atom. The van der Waals surface area contributed by atoms with Gasteiger partial charge in [0.05, 0.1) is 13.2 Å². The van der Waals surface area contributed by atoms with Gasteiger partial charge in [0.25, 0.3) is 0 Å². The summed E-state index contributed by atoms with van der Waals surface area (Å²) in [5, 5.41) is 9.84. The van der Waals surface area contributed by atoms with Crippen LogP contribution in [0.25, 0.3) is 11.1 Å². The summed E-state index contributed by atoms with van der Waals surface area (Å²) in [6.45, 7) is 3.88. The average Bonchev–Trinajstić information content (AvgIpc) is 2.90. The van der Waals surface area contributed by atoms with Gasteiger partial charge >= 0.3 is 0 Å². The predicted molar refractivity (Wildman–Crippen MR) is 138 cm³/mol. The first-order chi connectivity index (χ1) is 17.2. The second kappa shape index (κ2) is 11.3. The third-order valence-electron chi connectivity index (χ3n) is 7.45. The van der Waals surface area contributed by atoms with E-state index in [-0.39, 0.29) is 41.5 Å². The van der Waals surface area contributed by atoms with Crippen LogP contribution in [-0.2, 0) is 14.8 Å². The number of rotatable bonds is 6. The number of pyridine rings is 1. The van der Waals surface area contributed by atoms with Crippen LogP contribution in [0.3, 0.4) is 0 Å². The minimum Gasteiger partial charge on any atom is -0.487 e. The number of aromatic nitrogens is 1. The lowest BCUT2D eigenvalue weighted by Crippen LogP contribution is -2.50. The van der Waals surface area contributed by atoms with Gasteiger partial charge < -0.3 is 14.7 Å². The van der Waals surface area contributed by atoms with Crippen LogP contribution in [0.4, 0.5) is 0 Å². The van der Waals surface area contributed by atoms with Gasteiger partial charge in [-0.05, 0) is 43.5 Å². The number of fused-ring (bicyclic) bond motifs is 1. The van der Waals surface area contributed by atoms with E-state index in [0.29, 0.717) is 6.54 Å². The molecule has 1 aliphatic heterocycles. The molecule has 1 aliphatic carbocycles. The number of aliphatic hydroxyl groups excluding tert-OH is 1. The van der Waals surface area contributed by atoms with Crippen LogP contribution < -0.4 is 4.74 Å². The smallest absolute Gasteiger partial charge is 0.247 e. The number of nitrogens with zero attached hydrogens (tertiary/aromatic N) is 3. The molecule has 1 N–H and O–H groups in total. The van der Waals surface area contributed by atoms with Crippen molar-refractivity contribution >= 4 is 15.9 Å². The average molecular weight is 516 g/mol. The fourth-order valence-corrected chi connectivity index (χ4v) is 7.00. The zero-order valence-corrected chi connectivity index (χ0v) is 22.2. The molecule has 196 valence electrons. The minimum absolute atomic E-state index is 0.0448. The minimum atomic E-state index is -3.92. The topological polar surface area (TPSA) is 100 Å². The molecule has 1 saturated carbocycles. The molecule has 0 saturated heterocycles. The summed E-state index contributed by atoms with van der Waals surface area (Å²) in [6, 6.07) is 8.18. The fourth-order valence-electron chi connectivity index (χ4n) is 5.18. The second-order valence-electron chi connectivity index (χ2n) is 10.2. The molecule has 9 heteroatoms. The highest BCUT2D eigenvalue weighted by molar-refractivity contribution is 7.89. The van der Waals surface area contributed by atoms with Crippen LogP contribution in [0, 0.1) is 11.8 Å². The normalized spacial score (nSPS) is 23.6. The lowest BCUT2D eigenvalue weighted by Gasteiger charge is -2.38. The molecule has 1 aromatic heterocycles. The van der Waals surface area contributed by atoms with Gasteiger partial charge in [-0.25, -0.2) is 8.42 Å². The van der Waals surface area contributed by atoms with Crippen molar-refractivity contribution in [3.8, 4) is 16.9 Å². The summed E-state index contributed by atoms with van der Waals surface area (Å²) in [6.07, 6.45) is 8.16. The summed E-state index contributed by atoms with van der Waals surface area (Å²) < 4.78 is 35.1. The Balaban J connectivity index is 1.70. The standard InChI is InChI=1S/C27H37N3O5S/c1-19-16-30(20(2)18-31)36(33,34)26-12-11-22(23-10-7-13-28-15-23)14-24(26)35-25(19)17-29(3)27(32)21-8-5-4-6-9-21/h7,10-15,19-21,25,31H,4-6,8-9,16-18H2,1-3H3/t19-,20-,25-/m0/s1. The van der Waals surface area contributed by atoms with Crippen LogP contribution in [0.2, 0.25) is 0 Å². The van der Waals surface area contributed by atoms with Crippen LogP contribution in [-0.4, -0.2) is 72.5 Å². The van der Waals surface area contributed by atoms with Gasteiger partial charge in [-0.1, -0.05) is 38.3 Å². The Morgan fingerprint density at radius 1 is 1.22 bits per heavy atom. The number of hydrogen-bond donors (Lipinski definition) is 1. The maximum absolute atomic E-state index is 13.7. The first-order valence-corrected chi connectivity index (χ1v) is 14.2. The molecule has 36 heavy (non-hydrogen) atoms. The summed E-state index contributed by atoms with van der Waals surface area (Å²) >= 11 is 0. The number of ether oxygens (including phenoxy) is 1. The van der Waals surface area contributed by atoms with Crippen molar-refractivity contribution < 1.29 is 23.1 Å². The van der Waals surface area contributed by atoms with Crippen molar-refractivity contribution in [1.82, 2.24) is 14.2 Å². The maximum Gasteiger partial charge on any atom is 0.247 e. The predicted octanol–water partition coefficient (Wildman–Crippen LogP) is 3.56. The quantitative estimate of drug-likeness (QED) is 0.632. The van der Waals surface area contributed by atoms with Crippen molar-refractivity contribution in [2.24, 2.45) is 11.8 Å². The number of benzene rings is 1. The van der Waals surface area contributed by atoms with Crippen molar-refractivity contribution in [3.63, 3.8) is 0 Å². The number of aliphatic hydroxyl groups is 1. The molecule has 0 spiro atoms. The Kier molecular flexibility index (Phi) is 8.32. The van der Waals surface area contributed by atoms with E-state index in [2.05, 4.69) is 4.98 Å². The van der Waals surface area contributed by atoms with Gasteiger partial charge in [0.2, 0.25) is 15.9 Å². The molecular formula is C27H37N3O5S. The highest BCUT2D eigenvalue weighted by Gasteiger charge is 2.39. The van der Waals surface area contributed by atoms with E-state index >= 15 is 0 Å². The Hall–Kier alpha value is -2.49. The molecule has 4 rings (SSSR count). The van der Waals surface area contributed by atoms with Crippen molar-refractivity contribution in [2.45, 2.75) is 63.0 Å². The van der Waals surface area contributed by atoms with Crippen molar-refractivity contribution in [2.75, 3.05) is 26.7 Å². The van der Waals surface area contributed by atoms with E-state index in [9.17, 15) is 18.3 Å². The van der Waals surface area contributed by atoms with Crippen molar-refractivity contribution in [1.29, 1.82) is 0 Å². The number of likely N-dealkylation sites (N-methyl/N-ethyl adjacent to an activating group) is 1. The van der Waals surface area contributed by atoms with E-state index in [1.165, 1.54) is 10.7 Å². The van der Waals surface area contributed by atoms with Gasteiger partial charge in [-0.3, -0.25) is 9.78 Å². The highest BCUT2D eigenvalue weighted by atomic mass is 32.2. The number of carbonyl (C=O) groups excluding carboxylic acids is 1. The Labute approximate surface area is 214 Å². The van der Waals surface area contributed by atoms with E-state index in [1.54, 1.807) is 42.4 Å². The largest absolute Gasteiger partial charge is 0.487 e. The van der Waals surface area contributed by atoms with E-state index < -0.39 is 22.2 Å². The van der Waals surface area contributed by atoms with E-state index in [1.807, 2.05) is 26.1 Å². The lowest BCUT2D eigenvalue weighted by atomic mass is 9.88. The van der Waals surface area contributed by atoms with E-state index in [4.69, 9.17) is 4.74 Å². The molecule has 0 radical (unpaired) electrons. The van der Waals surface area contributed by atoms with Crippen LogP contribution in [0.5, 0.6) is 5.75 Å². The summed E-state index contributed by atoms with van der Waals surface area (Å²) in [5.74, 6) is 0.209. The molecule has 1 fully saturated rings. The Bertz CT molecular complexity index is 1150. The van der Waals surface area contributed by atoms with Gasteiger partial charge in [0, 0.05) is 49.4 Å². The van der Waals surface area contributed by atoms with Crippen LogP contribution in [0.15, 0.2) is 47.6 Å². The summed E-state index contributed by atoms with van der Waals surface area (Å²) in [5.41, 5.74) is 1.63. The zero-order valence-electron chi connectivity index (χ0n) is 21.3. The number of amides is 1. The number of sulfonamides is 1. The molecule has 8 nitrogen and oxygen atoms in total. The molecule has 2 heterocycles. The van der Waals surface area contributed by atoms with Crippen LogP contribution >= 0.6 is 0 Å². The summed E-state index contributed by atoms with van der Waals surface area (Å²) in [7, 11) is -2.11. The molecule has 0 unspecified atom stereocenters. The SMILES string of the molecule is C[C@H]1CN([C@@H](C)CO)S(=O)(=O)c2ccc(-c3cccnc3)cc2O[C@H]1CN(C)C(=O)C1CCCCC1. The molecule has 2 aliphatic rings. The maximum atomic E-state index is 13.7.